The number of hydrogen-bond acceptors (Lipinski definition) is 4. The zero-order valence-corrected chi connectivity index (χ0v) is 7.27. The highest BCUT2D eigenvalue weighted by molar-refractivity contribution is 7.74. The van der Waals surface area contributed by atoms with E-state index in [0.29, 0.717) is 13.2 Å². The minimum absolute atomic E-state index is 0.292. The highest BCUT2D eigenvalue weighted by Crippen LogP contribution is 1.98. The lowest BCUT2D eigenvalue weighted by atomic mass is 10.2. The monoisotopic (exact) mass is 180 g/mol. The Balaban J connectivity index is 2.85. The van der Waals surface area contributed by atoms with Crippen LogP contribution in [0.5, 0.6) is 0 Å². The van der Waals surface area contributed by atoms with E-state index in [1.807, 2.05) is 0 Å². The molecule has 0 saturated carbocycles. The van der Waals surface area contributed by atoms with E-state index in [-0.39, 0.29) is 0 Å². The van der Waals surface area contributed by atoms with Crippen molar-refractivity contribution in [2.24, 2.45) is 5.73 Å². The van der Waals surface area contributed by atoms with E-state index in [1.54, 1.807) is 0 Å². The van der Waals surface area contributed by atoms with Crippen LogP contribution in [0.4, 0.5) is 0 Å². The number of unbranched alkanes of at least 4 members (excludes halogenated alkanes) is 3. The van der Waals surface area contributed by atoms with Crippen molar-refractivity contribution in [1.29, 1.82) is 0 Å². The molecule has 1 atom stereocenters. The van der Waals surface area contributed by atoms with Gasteiger partial charge in [0.05, 0.1) is 18.0 Å². The van der Waals surface area contributed by atoms with Crippen LogP contribution in [0.15, 0.2) is 0 Å². The summed E-state index contributed by atoms with van der Waals surface area (Å²) in [6.07, 6.45) is 3.81. The molecule has 0 aromatic heterocycles. The van der Waals surface area contributed by atoms with Gasteiger partial charge in [-0.05, 0) is 19.4 Å². The highest BCUT2D eigenvalue weighted by Gasteiger charge is 1.89. The Morgan fingerprint density at radius 3 is 2.45 bits per heavy atom. The van der Waals surface area contributed by atoms with Crippen LogP contribution in [0.25, 0.3) is 0 Å². The molecule has 0 bridgehead atoms. The number of nitrogens with two attached hydrogens (primary N) is 1. The standard InChI is InChI=1S/C6H15NO3S/c7-5-3-1-2-4-6-10-11(8)9/h1-7H2,(H,8,9)/p-1. The van der Waals surface area contributed by atoms with E-state index < -0.39 is 11.4 Å². The SMILES string of the molecule is NCCCCCCOS(=O)[O-]. The molecule has 0 heterocycles. The molecule has 0 spiro atoms. The smallest absolute Gasteiger partial charge is 0.0842 e. The lowest BCUT2D eigenvalue weighted by Crippen LogP contribution is -2.00. The average molecular weight is 180 g/mol. The molecule has 0 rings (SSSR count). The summed E-state index contributed by atoms with van der Waals surface area (Å²) in [5, 5.41) is 0. The second-order valence-corrected chi connectivity index (χ2v) is 2.87. The summed E-state index contributed by atoms with van der Waals surface area (Å²) in [4.78, 5) is 0. The summed E-state index contributed by atoms with van der Waals surface area (Å²) in [5.41, 5.74) is 5.26. The van der Waals surface area contributed by atoms with Crippen molar-refractivity contribution in [2.45, 2.75) is 25.7 Å². The Kier molecular flexibility index (Phi) is 8.15. The average Bonchev–Trinajstić information content (AvgIpc) is 1.96. The van der Waals surface area contributed by atoms with E-state index >= 15 is 0 Å². The maximum absolute atomic E-state index is 9.85. The molecular formula is C6H14NO3S-. The van der Waals surface area contributed by atoms with Crippen LogP contribution in [0.2, 0.25) is 0 Å². The van der Waals surface area contributed by atoms with Crippen molar-refractivity contribution in [2.75, 3.05) is 13.2 Å². The quantitative estimate of drug-likeness (QED) is 0.452. The van der Waals surface area contributed by atoms with E-state index in [0.717, 1.165) is 25.7 Å². The molecule has 4 nitrogen and oxygen atoms in total. The van der Waals surface area contributed by atoms with E-state index in [2.05, 4.69) is 4.18 Å². The second-order valence-electron chi connectivity index (χ2n) is 2.23. The first kappa shape index (κ1) is 11.0. The molecule has 0 aliphatic carbocycles. The Morgan fingerprint density at radius 2 is 1.91 bits per heavy atom. The third-order valence-electron chi connectivity index (χ3n) is 1.28. The second kappa shape index (κ2) is 8.13. The van der Waals surface area contributed by atoms with E-state index in [1.165, 1.54) is 0 Å². The van der Waals surface area contributed by atoms with Gasteiger partial charge >= 0.3 is 0 Å². The number of rotatable bonds is 7. The van der Waals surface area contributed by atoms with Crippen molar-refractivity contribution < 1.29 is 12.9 Å². The molecular weight excluding hydrogens is 166 g/mol. The van der Waals surface area contributed by atoms with Crippen LogP contribution in [-0.2, 0) is 15.5 Å². The molecule has 11 heavy (non-hydrogen) atoms. The molecule has 0 aliphatic rings. The van der Waals surface area contributed by atoms with Gasteiger partial charge in [-0.2, -0.15) is 0 Å². The maximum Gasteiger partial charge on any atom is 0.0842 e. The summed E-state index contributed by atoms with van der Waals surface area (Å²) < 4.78 is 24.0. The molecule has 68 valence electrons. The number of hydrogen-bond donors (Lipinski definition) is 1. The molecule has 0 aromatic rings. The third-order valence-corrected chi connectivity index (χ3v) is 1.64. The van der Waals surface area contributed by atoms with Gasteiger partial charge in [0.2, 0.25) is 0 Å². The minimum atomic E-state index is -2.35. The van der Waals surface area contributed by atoms with Crippen LogP contribution in [0, 0.1) is 0 Å². The van der Waals surface area contributed by atoms with Crippen LogP contribution in [0.1, 0.15) is 25.7 Å². The molecule has 0 fully saturated rings. The van der Waals surface area contributed by atoms with Gasteiger partial charge in [0.1, 0.15) is 0 Å². The molecule has 1 unspecified atom stereocenters. The van der Waals surface area contributed by atoms with Gasteiger partial charge in [0, 0.05) is 0 Å². The Bertz CT molecular complexity index is 110. The molecule has 2 N–H and O–H groups in total. The summed E-state index contributed by atoms with van der Waals surface area (Å²) >= 11 is -2.35. The van der Waals surface area contributed by atoms with Gasteiger partial charge in [0.25, 0.3) is 0 Å². The summed E-state index contributed by atoms with van der Waals surface area (Å²) in [6, 6.07) is 0. The van der Waals surface area contributed by atoms with E-state index in [4.69, 9.17) is 5.73 Å². The molecule has 0 radical (unpaired) electrons. The minimum Gasteiger partial charge on any atom is -0.750 e. The largest absolute Gasteiger partial charge is 0.750 e. The van der Waals surface area contributed by atoms with Crippen molar-refractivity contribution in [1.82, 2.24) is 0 Å². The van der Waals surface area contributed by atoms with Crippen LogP contribution in [-0.4, -0.2) is 21.9 Å². The fourth-order valence-corrected chi connectivity index (χ4v) is 0.981. The zero-order valence-electron chi connectivity index (χ0n) is 6.45. The Morgan fingerprint density at radius 1 is 1.27 bits per heavy atom. The normalized spacial score (nSPS) is 13.3. The zero-order chi connectivity index (χ0) is 8.53. The molecule has 0 saturated heterocycles. The van der Waals surface area contributed by atoms with Crippen LogP contribution < -0.4 is 5.73 Å². The fourth-order valence-electron chi connectivity index (χ4n) is 0.727. The lowest BCUT2D eigenvalue weighted by molar-refractivity contribution is 0.291. The lowest BCUT2D eigenvalue weighted by Gasteiger charge is -2.04. The van der Waals surface area contributed by atoms with Crippen molar-refractivity contribution >= 4 is 11.4 Å². The maximum atomic E-state index is 9.85. The van der Waals surface area contributed by atoms with Gasteiger partial charge in [0.15, 0.2) is 0 Å². The summed E-state index contributed by atoms with van der Waals surface area (Å²) in [6.45, 7) is 0.995. The van der Waals surface area contributed by atoms with Crippen LogP contribution in [0.3, 0.4) is 0 Å². The van der Waals surface area contributed by atoms with Gasteiger partial charge in [-0.3, -0.25) is 0 Å². The van der Waals surface area contributed by atoms with Crippen molar-refractivity contribution in [3.8, 4) is 0 Å². The van der Waals surface area contributed by atoms with Crippen molar-refractivity contribution in [3.05, 3.63) is 0 Å². The van der Waals surface area contributed by atoms with Gasteiger partial charge in [-0.25, -0.2) is 4.21 Å². The molecule has 0 amide bonds. The van der Waals surface area contributed by atoms with Crippen LogP contribution >= 0.6 is 0 Å². The third kappa shape index (κ3) is 10.0. The molecule has 0 aliphatic heterocycles. The summed E-state index contributed by atoms with van der Waals surface area (Å²) in [7, 11) is 0. The Hall–Kier alpha value is 0.0300. The van der Waals surface area contributed by atoms with Gasteiger partial charge in [-0.1, -0.05) is 12.8 Å². The first-order valence-corrected chi connectivity index (χ1v) is 4.70. The first-order valence-electron chi connectivity index (χ1n) is 3.70. The van der Waals surface area contributed by atoms with Crippen molar-refractivity contribution in [3.63, 3.8) is 0 Å². The fraction of sp³-hybridized carbons (Fsp3) is 1.00. The van der Waals surface area contributed by atoms with E-state index in [9.17, 15) is 8.76 Å². The highest BCUT2D eigenvalue weighted by atomic mass is 32.2. The van der Waals surface area contributed by atoms with Gasteiger partial charge < -0.3 is 14.5 Å². The topological polar surface area (TPSA) is 75.4 Å². The molecule has 0 aromatic carbocycles. The Labute approximate surface area is 69.6 Å². The predicted octanol–water partition coefficient (Wildman–Crippen LogP) is 0.316. The van der Waals surface area contributed by atoms with Gasteiger partial charge in [-0.15, -0.1) is 0 Å². The summed E-state index contributed by atoms with van der Waals surface area (Å²) in [5.74, 6) is 0. The molecule has 5 heteroatoms. The predicted molar refractivity (Wildman–Crippen MR) is 42.4 cm³/mol. The first-order chi connectivity index (χ1) is 5.27.